The molecule has 0 aliphatic rings. The molecule has 5 heteroatoms. The smallest absolute Gasteiger partial charge is 0.169 e. The largest absolute Gasteiger partial charge is 0.362 e. The molecule has 0 unspecified atom stereocenters. The number of aryl methyl sites for hydroxylation is 1. The van der Waals surface area contributed by atoms with E-state index < -0.39 is 0 Å². The van der Waals surface area contributed by atoms with E-state index in [4.69, 9.17) is 12.2 Å². The average molecular weight is 429 g/mol. The number of para-hydroxylation sites is 1. The first kappa shape index (κ1) is 21.1. The van der Waals surface area contributed by atoms with Crippen LogP contribution in [0.4, 0.5) is 0 Å². The van der Waals surface area contributed by atoms with Crippen molar-refractivity contribution in [2.45, 2.75) is 26.3 Å². The van der Waals surface area contributed by atoms with Crippen LogP contribution in [0, 0.1) is 6.92 Å². The minimum Gasteiger partial charge on any atom is -0.362 e. The summed E-state index contributed by atoms with van der Waals surface area (Å²) in [6, 6.07) is 23.1. The number of hydrogen-bond acceptors (Lipinski definition) is 2. The summed E-state index contributed by atoms with van der Waals surface area (Å²) in [5.41, 5.74) is 6.31. The summed E-state index contributed by atoms with van der Waals surface area (Å²) in [5, 5.41) is 5.56. The second-order valence-corrected chi connectivity index (χ2v) is 8.16. The van der Waals surface area contributed by atoms with Crippen molar-refractivity contribution in [2.75, 3.05) is 13.1 Å². The Labute approximate surface area is 189 Å². The van der Waals surface area contributed by atoms with Gasteiger partial charge in [0.1, 0.15) is 0 Å². The quantitative estimate of drug-likeness (QED) is 0.386. The number of H-pyrrole nitrogens is 1. The Morgan fingerprint density at radius 2 is 1.68 bits per heavy atom. The zero-order valence-corrected chi connectivity index (χ0v) is 18.7. The zero-order chi connectivity index (χ0) is 21.5. The van der Waals surface area contributed by atoms with Crippen molar-refractivity contribution >= 4 is 28.2 Å². The van der Waals surface area contributed by atoms with Crippen LogP contribution in [-0.4, -0.2) is 33.1 Å². The Kier molecular flexibility index (Phi) is 6.95. The van der Waals surface area contributed by atoms with Crippen LogP contribution in [0.1, 0.15) is 22.4 Å². The molecule has 0 amide bonds. The first-order valence-corrected chi connectivity index (χ1v) is 11.1. The van der Waals surface area contributed by atoms with Crippen LogP contribution in [0.2, 0.25) is 0 Å². The summed E-state index contributed by atoms with van der Waals surface area (Å²) < 4.78 is 0. The highest BCUT2D eigenvalue weighted by Crippen LogP contribution is 2.22. The number of pyridine rings is 1. The number of hydrogen-bond donors (Lipinski definition) is 2. The molecule has 4 nitrogen and oxygen atoms in total. The normalized spacial score (nSPS) is 10.9. The summed E-state index contributed by atoms with van der Waals surface area (Å²) >= 11 is 5.80. The van der Waals surface area contributed by atoms with Crippen LogP contribution in [-0.2, 0) is 19.4 Å². The highest BCUT2D eigenvalue weighted by molar-refractivity contribution is 7.80. The van der Waals surface area contributed by atoms with Crippen molar-refractivity contribution in [3.8, 4) is 0 Å². The van der Waals surface area contributed by atoms with E-state index in [0.717, 1.165) is 37.6 Å². The number of nitrogens with one attached hydrogen (secondary N) is 2. The van der Waals surface area contributed by atoms with Crippen LogP contribution >= 0.6 is 12.2 Å². The molecule has 4 aromatic rings. The van der Waals surface area contributed by atoms with E-state index in [9.17, 15) is 0 Å². The third-order valence-electron chi connectivity index (χ3n) is 5.60. The van der Waals surface area contributed by atoms with Gasteiger partial charge in [0, 0.05) is 48.6 Å². The van der Waals surface area contributed by atoms with E-state index in [1.54, 1.807) is 0 Å². The number of nitrogens with zero attached hydrogens (tertiary/aromatic N) is 2. The molecule has 158 valence electrons. The van der Waals surface area contributed by atoms with E-state index in [0.29, 0.717) is 0 Å². The molecular weight excluding hydrogens is 400 g/mol. The molecule has 0 atom stereocenters. The fraction of sp³-hybridized carbons (Fsp3) is 0.231. The first-order valence-electron chi connectivity index (χ1n) is 10.7. The molecule has 0 aliphatic carbocycles. The Balaban J connectivity index is 1.44. The van der Waals surface area contributed by atoms with Crippen LogP contribution in [0.15, 0.2) is 79.1 Å². The highest BCUT2D eigenvalue weighted by atomic mass is 32.1. The highest BCUT2D eigenvalue weighted by Gasteiger charge is 2.14. The molecular formula is C26H28N4S. The van der Waals surface area contributed by atoms with Gasteiger partial charge >= 0.3 is 0 Å². The Morgan fingerprint density at radius 1 is 0.935 bits per heavy atom. The van der Waals surface area contributed by atoms with E-state index in [1.807, 2.05) is 18.5 Å². The third-order valence-corrected chi connectivity index (χ3v) is 6.00. The van der Waals surface area contributed by atoms with Crippen molar-refractivity contribution < 1.29 is 0 Å². The second kappa shape index (κ2) is 10.2. The van der Waals surface area contributed by atoms with Crippen LogP contribution in [0.3, 0.4) is 0 Å². The number of rotatable bonds is 8. The fourth-order valence-corrected chi connectivity index (χ4v) is 4.19. The lowest BCUT2D eigenvalue weighted by Crippen LogP contribution is -2.41. The van der Waals surface area contributed by atoms with Crippen LogP contribution in [0.5, 0.6) is 0 Å². The van der Waals surface area contributed by atoms with Crippen molar-refractivity contribution in [3.63, 3.8) is 0 Å². The molecule has 2 N–H and O–H groups in total. The van der Waals surface area contributed by atoms with Crippen molar-refractivity contribution in [1.82, 2.24) is 20.2 Å². The Hall–Kier alpha value is -3.18. The molecule has 2 aromatic heterocycles. The van der Waals surface area contributed by atoms with E-state index in [2.05, 4.69) is 87.8 Å². The van der Waals surface area contributed by atoms with Gasteiger partial charge in [-0.15, -0.1) is 0 Å². The molecule has 0 fully saturated rings. The molecule has 2 aromatic carbocycles. The molecule has 2 heterocycles. The van der Waals surface area contributed by atoms with Gasteiger partial charge in [0.2, 0.25) is 0 Å². The molecule has 0 bridgehead atoms. The van der Waals surface area contributed by atoms with E-state index in [1.165, 1.54) is 33.3 Å². The summed E-state index contributed by atoms with van der Waals surface area (Å²) in [7, 11) is 0. The standard InChI is InChI=1S/C26H28N4S/c1-20-23(24-9-5-6-10-25(24)29-20)14-18-30(19-22-11-15-27-16-12-22)26(31)28-17-13-21-7-3-2-4-8-21/h2-12,15-16,29H,13-14,17-19H2,1H3,(H,28,31). The predicted octanol–water partition coefficient (Wildman–Crippen LogP) is 5.03. The summed E-state index contributed by atoms with van der Waals surface area (Å²) in [4.78, 5) is 9.91. The Morgan fingerprint density at radius 3 is 2.48 bits per heavy atom. The monoisotopic (exact) mass is 428 g/mol. The topological polar surface area (TPSA) is 44.0 Å². The predicted molar refractivity (Wildman–Crippen MR) is 132 cm³/mol. The van der Waals surface area contributed by atoms with E-state index >= 15 is 0 Å². The molecule has 0 spiro atoms. The van der Waals surface area contributed by atoms with Crippen molar-refractivity contribution in [3.05, 3.63) is 102 Å². The second-order valence-electron chi connectivity index (χ2n) is 7.77. The van der Waals surface area contributed by atoms with Crippen LogP contribution < -0.4 is 5.32 Å². The molecule has 0 radical (unpaired) electrons. The van der Waals surface area contributed by atoms with Crippen LogP contribution in [0.25, 0.3) is 10.9 Å². The maximum Gasteiger partial charge on any atom is 0.169 e. The number of benzene rings is 2. The summed E-state index contributed by atoms with van der Waals surface area (Å²) in [6.45, 7) is 4.59. The molecule has 4 rings (SSSR count). The lowest BCUT2D eigenvalue weighted by molar-refractivity contribution is 0.409. The fourth-order valence-electron chi connectivity index (χ4n) is 3.93. The average Bonchev–Trinajstić information content (AvgIpc) is 3.13. The van der Waals surface area contributed by atoms with Gasteiger partial charge in [0.25, 0.3) is 0 Å². The van der Waals surface area contributed by atoms with E-state index in [-0.39, 0.29) is 0 Å². The van der Waals surface area contributed by atoms with Crippen molar-refractivity contribution in [2.24, 2.45) is 0 Å². The SMILES string of the molecule is Cc1[nH]c2ccccc2c1CCN(Cc1ccncc1)C(=S)NCCc1ccccc1. The van der Waals surface area contributed by atoms with Gasteiger partial charge < -0.3 is 15.2 Å². The van der Waals surface area contributed by atoms with Gasteiger partial charge in [-0.1, -0.05) is 48.5 Å². The van der Waals surface area contributed by atoms with Gasteiger partial charge in [0.15, 0.2) is 5.11 Å². The van der Waals surface area contributed by atoms with Gasteiger partial charge in [0.05, 0.1) is 0 Å². The first-order chi connectivity index (χ1) is 15.2. The number of thiocarbonyl (C=S) groups is 1. The number of aromatic amines is 1. The number of fused-ring (bicyclic) bond motifs is 1. The molecule has 0 saturated heterocycles. The summed E-state index contributed by atoms with van der Waals surface area (Å²) in [6.07, 6.45) is 5.56. The lowest BCUT2D eigenvalue weighted by atomic mass is 10.1. The Bertz CT molecular complexity index is 1120. The summed E-state index contributed by atoms with van der Waals surface area (Å²) in [5.74, 6) is 0. The van der Waals surface area contributed by atoms with Gasteiger partial charge in [-0.05, 0) is 66.9 Å². The molecule has 0 aliphatic heterocycles. The maximum atomic E-state index is 5.80. The van der Waals surface area contributed by atoms with Gasteiger partial charge in [-0.3, -0.25) is 4.98 Å². The minimum absolute atomic E-state index is 0.765. The third kappa shape index (κ3) is 5.50. The molecule has 31 heavy (non-hydrogen) atoms. The lowest BCUT2D eigenvalue weighted by Gasteiger charge is -2.26. The molecule has 0 saturated carbocycles. The number of aromatic nitrogens is 2. The minimum atomic E-state index is 0.765. The van der Waals surface area contributed by atoms with Gasteiger partial charge in [-0.2, -0.15) is 0 Å². The zero-order valence-electron chi connectivity index (χ0n) is 17.8. The van der Waals surface area contributed by atoms with Gasteiger partial charge in [-0.25, -0.2) is 0 Å². The van der Waals surface area contributed by atoms with Crippen molar-refractivity contribution in [1.29, 1.82) is 0 Å². The maximum absolute atomic E-state index is 5.80.